The summed E-state index contributed by atoms with van der Waals surface area (Å²) in [6.07, 6.45) is -0.578. The van der Waals surface area contributed by atoms with Crippen LogP contribution >= 0.6 is 7.37 Å². The normalized spacial score (nSPS) is 29.1. The van der Waals surface area contributed by atoms with Crippen molar-refractivity contribution in [2.75, 3.05) is 13.0 Å². The molecule has 9 nitrogen and oxygen atoms in total. The summed E-state index contributed by atoms with van der Waals surface area (Å²) in [7, 11) is -6.44. The summed E-state index contributed by atoms with van der Waals surface area (Å²) in [5.74, 6) is -7.13. The van der Waals surface area contributed by atoms with Crippen molar-refractivity contribution in [2.45, 2.75) is 37.9 Å². The Morgan fingerprint density at radius 2 is 1.86 bits per heavy atom. The monoisotopic (exact) mass is 342 g/mol. The summed E-state index contributed by atoms with van der Waals surface area (Å²) in [6.45, 7) is 6.47. The van der Waals surface area contributed by atoms with E-state index in [9.17, 15) is 29.5 Å². The molecule has 0 spiro atoms. The molecular formula is C10H19O9PSi. The van der Waals surface area contributed by atoms with Gasteiger partial charge in [0.15, 0.2) is 0 Å². The van der Waals surface area contributed by atoms with Crippen LogP contribution in [-0.4, -0.2) is 59.7 Å². The maximum absolute atomic E-state index is 11.9. The van der Waals surface area contributed by atoms with Gasteiger partial charge in [0, 0.05) is 6.61 Å². The zero-order chi connectivity index (χ0) is 16.7. The van der Waals surface area contributed by atoms with Crippen molar-refractivity contribution in [3.8, 4) is 0 Å². The van der Waals surface area contributed by atoms with E-state index in [1.807, 2.05) is 0 Å². The van der Waals surface area contributed by atoms with E-state index >= 15 is 0 Å². The van der Waals surface area contributed by atoms with Crippen molar-refractivity contribution in [3.63, 3.8) is 0 Å². The van der Waals surface area contributed by atoms with Gasteiger partial charge in [0.25, 0.3) is 13.2 Å². The zero-order valence-corrected chi connectivity index (χ0v) is 14.0. The van der Waals surface area contributed by atoms with Gasteiger partial charge in [-0.2, -0.15) is 0 Å². The lowest BCUT2D eigenvalue weighted by Crippen LogP contribution is -2.55. The van der Waals surface area contributed by atoms with Crippen molar-refractivity contribution >= 4 is 27.4 Å². The van der Waals surface area contributed by atoms with E-state index < -0.39 is 45.1 Å². The molecule has 0 bridgehead atoms. The largest absolute Gasteiger partial charge is 0.516 e. The summed E-state index contributed by atoms with van der Waals surface area (Å²) in [6, 6.07) is 0. The Labute approximate surface area is 122 Å². The first-order valence-corrected chi connectivity index (χ1v) is 11.3. The smallest absolute Gasteiger partial charge is 0.361 e. The van der Waals surface area contributed by atoms with Crippen LogP contribution in [0.1, 0.15) is 6.92 Å². The standard InChI is InChI=1S/C10H19O9PSi/c1-5-17-6-20(16)10(15,19-20)7(11)9(13,14)8(12)18-21(2,3)4/h13-15H,5-6H2,1-4H3. The molecule has 21 heavy (non-hydrogen) atoms. The second-order valence-corrected chi connectivity index (χ2v) is 12.3. The molecule has 0 aromatic carbocycles. The Bertz CT molecular complexity index is 497. The van der Waals surface area contributed by atoms with Crippen molar-refractivity contribution in [3.05, 3.63) is 0 Å². The van der Waals surface area contributed by atoms with Crippen molar-refractivity contribution < 1.29 is 43.2 Å². The molecule has 0 aliphatic carbocycles. The predicted molar refractivity (Wildman–Crippen MR) is 71.7 cm³/mol. The summed E-state index contributed by atoms with van der Waals surface area (Å²) < 4.78 is 26.0. The molecule has 1 rings (SSSR count). The molecule has 122 valence electrons. The number of carbonyl (C=O) groups excluding carboxylic acids is 2. The van der Waals surface area contributed by atoms with E-state index in [1.54, 1.807) is 26.6 Å². The van der Waals surface area contributed by atoms with E-state index in [2.05, 4.69) is 4.52 Å². The SMILES string of the molecule is CCOCP1(=O)OC1(O)C(=O)C(O)(O)C(=O)O[Si](C)(C)C. The molecule has 1 heterocycles. The molecule has 11 heteroatoms. The number of ether oxygens (including phenoxy) is 1. The highest BCUT2D eigenvalue weighted by Crippen LogP contribution is 2.77. The van der Waals surface area contributed by atoms with Gasteiger partial charge in [0.1, 0.15) is 6.35 Å². The Morgan fingerprint density at radius 1 is 1.33 bits per heavy atom. The second-order valence-electron chi connectivity index (χ2n) is 5.50. The highest BCUT2D eigenvalue weighted by Gasteiger charge is 2.77. The van der Waals surface area contributed by atoms with Crippen LogP contribution in [0.5, 0.6) is 0 Å². The van der Waals surface area contributed by atoms with Gasteiger partial charge in [-0.3, -0.25) is 13.9 Å². The number of carbonyl (C=O) groups is 2. The minimum absolute atomic E-state index is 0.151. The fourth-order valence-electron chi connectivity index (χ4n) is 1.38. The zero-order valence-electron chi connectivity index (χ0n) is 12.2. The first-order valence-electron chi connectivity index (χ1n) is 6.13. The molecular weight excluding hydrogens is 323 g/mol. The van der Waals surface area contributed by atoms with Gasteiger partial charge < -0.3 is 24.5 Å². The van der Waals surface area contributed by atoms with Crippen LogP contribution < -0.4 is 0 Å². The number of hydrogen-bond donors (Lipinski definition) is 3. The van der Waals surface area contributed by atoms with Crippen LogP contribution in [-0.2, 0) is 27.8 Å². The molecule has 0 aromatic rings. The molecule has 1 aliphatic heterocycles. The lowest BCUT2D eigenvalue weighted by molar-refractivity contribution is -0.211. The van der Waals surface area contributed by atoms with E-state index in [1.165, 1.54) is 0 Å². The van der Waals surface area contributed by atoms with Gasteiger partial charge in [-0.1, -0.05) is 0 Å². The Hall–Kier alpha value is -0.613. The third-order valence-electron chi connectivity index (χ3n) is 2.47. The first-order chi connectivity index (χ1) is 9.30. The van der Waals surface area contributed by atoms with E-state index in [4.69, 9.17) is 9.16 Å². The molecule has 1 saturated heterocycles. The number of Topliss-reactive ketones (excluding diaryl/α,β-unsaturated/α-hetero) is 1. The number of aliphatic hydroxyl groups is 3. The Kier molecular flexibility index (Phi) is 4.87. The number of ketones is 1. The maximum Gasteiger partial charge on any atom is 0.361 e. The van der Waals surface area contributed by atoms with Crippen LogP contribution in [0, 0.1) is 0 Å². The van der Waals surface area contributed by atoms with Crippen molar-refractivity contribution in [1.82, 2.24) is 0 Å². The van der Waals surface area contributed by atoms with Crippen molar-refractivity contribution in [2.24, 2.45) is 0 Å². The third-order valence-corrected chi connectivity index (χ3v) is 5.40. The van der Waals surface area contributed by atoms with Crippen LogP contribution in [0.3, 0.4) is 0 Å². The quantitative estimate of drug-likeness (QED) is 0.184. The summed E-state index contributed by atoms with van der Waals surface area (Å²) >= 11 is 0. The molecule has 1 aliphatic rings. The maximum atomic E-state index is 11.9. The summed E-state index contributed by atoms with van der Waals surface area (Å²) in [4.78, 5) is 23.5. The van der Waals surface area contributed by atoms with Gasteiger partial charge in [-0.05, 0) is 26.6 Å². The second kappa shape index (κ2) is 5.54. The van der Waals surface area contributed by atoms with Crippen LogP contribution in [0.25, 0.3) is 0 Å². The molecule has 0 aromatic heterocycles. The predicted octanol–water partition coefficient (Wildman–Crippen LogP) is -0.437. The van der Waals surface area contributed by atoms with Gasteiger partial charge in [-0.15, -0.1) is 0 Å². The lowest BCUT2D eigenvalue weighted by Gasteiger charge is -2.24. The lowest BCUT2D eigenvalue weighted by atomic mass is 10.1. The molecule has 2 unspecified atom stereocenters. The van der Waals surface area contributed by atoms with Gasteiger partial charge >= 0.3 is 17.3 Å². The van der Waals surface area contributed by atoms with E-state index in [0.29, 0.717) is 0 Å². The van der Waals surface area contributed by atoms with Gasteiger partial charge in [0.2, 0.25) is 8.32 Å². The summed E-state index contributed by atoms with van der Waals surface area (Å²) in [5, 5.41) is 29.0. The van der Waals surface area contributed by atoms with Gasteiger partial charge in [-0.25, -0.2) is 4.79 Å². The molecule has 0 saturated carbocycles. The molecule has 0 radical (unpaired) electrons. The average Bonchev–Trinajstić information content (AvgIpc) is 2.88. The van der Waals surface area contributed by atoms with Crippen LogP contribution in [0.2, 0.25) is 19.6 Å². The fraction of sp³-hybridized carbons (Fsp3) is 0.800. The van der Waals surface area contributed by atoms with E-state index in [0.717, 1.165) is 0 Å². The fourth-order valence-corrected chi connectivity index (χ4v) is 3.92. The topological polar surface area (TPSA) is 143 Å². The highest BCUT2D eigenvalue weighted by molar-refractivity contribution is 7.67. The summed E-state index contributed by atoms with van der Waals surface area (Å²) in [5.41, 5.74) is -2.94. The number of rotatable bonds is 7. The van der Waals surface area contributed by atoms with E-state index in [-0.39, 0.29) is 6.61 Å². The molecule has 3 N–H and O–H groups in total. The molecule has 2 atom stereocenters. The molecule has 1 fully saturated rings. The average molecular weight is 342 g/mol. The highest BCUT2D eigenvalue weighted by atomic mass is 31.2. The van der Waals surface area contributed by atoms with Crippen LogP contribution in [0.4, 0.5) is 0 Å². The Balaban J connectivity index is 2.88. The number of hydrogen-bond acceptors (Lipinski definition) is 9. The van der Waals surface area contributed by atoms with Crippen molar-refractivity contribution in [1.29, 1.82) is 0 Å². The minimum Gasteiger partial charge on any atom is -0.516 e. The Morgan fingerprint density at radius 3 is 2.29 bits per heavy atom. The van der Waals surface area contributed by atoms with Crippen LogP contribution in [0.15, 0.2) is 0 Å². The minimum atomic E-state index is -3.93. The molecule has 0 amide bonds. The van der Waals surface area contributed by atoms with Gasteiger partial charge in [0.05, 0.1) is 0 Å². The third kappa shape index (κ3) is 3.59. The first kappa shape index (κ1) is 18.4.